The van der Waals surface area contributed by atoms with Gasteiger partial charge in [0.05, 0.1) is 11.6 Å². The van der Waals surface area contributed by atoms with E-state index in [1.807, 2.05) is 75.4 Å². The SMILES string of the molecule is Cc1ccc(CSc2nnc(N3C(=O)C(=O)C(=C(O)c4cc(C)ccc4C)C3c3cccc(Oc4ccccc4)c3)s2)cc1. The Morgan fingerprint density at radius 1 is 0.864 bits per heavy atom. The maximum Gasteiger partial charge on any atom is 0.301 e. The van der Waals surface area contributed by atoms with Crippen LogP contribution in [0.5, 0.6) is 11.5 Å². The van der Waals surface area contributed by atoms with Gasteiger partial charge in [-0.05, 0) is 67.8 Å². The second kappa shape index (κ2) is 12.5. The fourth-order valence-electron chi connectivity index (χ4n) is 5.04. The third kappa shape index (κ3) is 6.02. The topological polar surface area (TPSA) is 92.6 Å². The number of amides is 1. The van der Waals surface area contributed by atoms with E-state index in [0.717, 1.165) is 16.7 Å². The predicted octanol–water partition coefficient (Wildman–Crippen LogP) is 8.17. The van der Waals surface area contributed by atoms with Crippen molar-refractivity contribution in [2.24, 2.45) is 0 Å². The van der Waals surface area contributed by atoms with Crippen molar-refractivity contribution in [2.45, 2.75) is 36.9 Å². The Bertz CT molecular complexity index is 1880. The van der Waals surface area contributed by atoms with Crippen LogP contribution >= 0.6 is 23.1 Å². The highest BCUT2D eigenvalue weighted by molar-refractivity contribution is 8.00. The van der Waals surface area contributed by atoms with Crippen molar-refractivity contribution in [3.8, 4) is 11.5 Å². The molecule has 1 fully saturated rings. The molecule has 1 aliphatic rings. The first-order valence-electron chi connectivity index (χ1n) is 14.0. The van der Waals surface area contributed by atoms with E-state index in [1.54, 1.807) is 18.2 Å². The Balaban J connectivity index is 1.41. The van der Waals surface area contributed by atoms with Crippen molar-refractivity contribution in [1.82, 2.24) is 10.2 Å². The zero-order valence-electron chi connectivity index (χ0n) is 24.4. The molecule has 44 heavy (non-hydrogen) atoms. The molecule has 1 atom stereocenters. The van der Waals surface area contributed by atoms with Gasteiger partial charge in [-0.2, -0.15) is 0 Å². The zero-order chi connectivity index (χ0) is 30.8. The lowest BCUT2D eigenvalue weighted by molar-refractivity contribution is -0.132. The van der Waals surface area contributed by atoms with Gasteiger partial charge in [-0.1, -0.05) is 101 Å². The molecule has 6 rings (SSSR count). The predicted molar refractivity (Wildman–Crippen MR) is 174 cm³/mol. The normalized spacial score (nSPS) is 16.0. The third-order valence-corrected chi connectivity index (χ3v) is 9.46. The van der Waals surface area contributed by atoms with Crippen LogP contribution in [0.2, 0.25) is 0 Å². The van der Waals surface area contributed by atoms with Gasteiger partial charge in [0.15, 0.2) is 4.34 Å². The molecule has 220 valence electrons. The first-order valence-corrected chi connectivity index (χ1v) is 15.8. The third-order valence-electron chi connectivity index (χ3n) is 7.33. The summed E-state index contributed by atoms with van der Waals surface area (Å²) in [5.74, 6) is 0.0631. The molecular weight excluding hydrogens is 591 g/mol. The summed E-state index contributed by atoms with van der Waals surface area (Å²) in [7, 11) is 0. The fourth-order valence-corrected chi connectivity index (χ4v) is 6.86. The number of anilines is 1. The van der Waals surface area contributed by atoms with Crippen LogP contribution in [0, 0.1) is 20.8 Å². The maximum absolute atomic E-state index is 13.7. The van der Waals surface area contributed by atoms with E-state index in [4.69, 9.17) is 4.74 Å². The molecule has 0 spiro atoms. The molecule has 1 aromatic heterocycles. The smallest absolute Gasteiger partial charge is 0.301 e. The molecule has 1 unspecified atom stereocenters. The average Bonchev–Trinajstić information content (AvgIpc) is 3.60. The van der Waals surface area contributed by atoms with Crippen molar-refractivity contribution in [1.29, 1.82) is 0 Å². The van der Waals surface area contributed by atoms with Crippen LogP contribution in [-0.4, -0.2) is 27.0 Å². The number of benzene rings is 4. The number of hydrogen-bond donors (Lipinski definition) is 1. The van der Waals surface area contributed by atoms with Gasteiger partial charge in [-0.15, -0.1) is 10.2 Å². The van der Waals surface area contributed by atoms with Gasteiger partial charge in [-0.25, -0.2) is 0 Å². The van der Waals surface area contributed by atoms with E-state index in [0.29, 0.717) is 32.7 Å². The zero-order valence-corrected chi connectivity index (χ0v) is 26.0. The highest BCUT2D eigenvalue weighted by Gasteiger charge is 2.48. The summed E-state index contributed by atoms with van der Waals surface area (Å²) in [5.41, 5.74) is 5.10. The van der Waals surface area contributed by atoms with Crippen molar-refractivity contribution < 1.29 is 19.4 Å². The van der Waals surface area contributed by atoms with E-state index in [1.165, 1.54) is 33.6 Å². The van der Waals surface area contributed by atoms with E-state index in [2.05, 4.69) is 34.5 Å². The number of aliphatic hydroxyl groups excluding tert-OH is 1. The second-order valence-corrected chi connectivity index (χ2v) is 12.8. The molecule has 0 saturated carbocycles. The number of para-hydroxylation sites is 1. The van der Waals surface area contributed by atoms with Gasteiger partial charge in [0.25, 0.3) is 5.78 Å². The lowest BCUT2D eigenvalue weighted by Crippen LogP contribution is -2.29. The summed E-state index contributed by atoms with van der Waals surface area (Å²) in [6, 6.07) is 29.5. The summed E-state index contributed by atoms with van der Waals surface area (Å²) < 4.78 is 6.74. The van der Waals surface area contributed by atoms with Crippen LogP contribution < -0.4 is 9.64 Å². The lowest BCUT2D eigenvalue weighted by Gasteiger charge is -2.23. The fraction of sp³-hybridized carbons (Fsp3) is 0.143. The van der Waals surface area contributed by atoms with Crippen LogP contribution in [0.3, 0.4) is 0 Å². The Kier molecular flexibility index (Phi) is 8.32. The molecule has 9 heteroatoms. The number of ketones is 1. The first-order chi connectivity index (χ1) is 21.3. The Labute approximate surface area is 263 Å². The maximum atomic E-state index is 13.7. The minimum atomic E-state index is -0.947. The standard InChI is InChI=1S/C35H29N3O4S2/c1-21-13-16-24(17-14-21)20-43-35-37-36-34(44-35)38-30(25-8-7-11-27(19-25)42-26-9-5-4-6-10-26)29(32(40)33(38)41)31(39)28-18-22(2)12-15-23(28)3/h4-19,30,39H,20H2,1-3H3. The minimum Gasteiger partial charge on any atom is -0.507 e. The number of carbonyl (C=O) groups excluding carboxylic acids is 2. The number of carbonyl (C=O) groups is 2. The van der Waals surface area contributed by atoms with Crippen LogP contribution in [0.15, 0.2) is 107 Å². The molecule has 5 aromatic rings. The highest BCUT2D eigenvalue weighted by atomic mass is 32.2. The number of ether oxygens (including phenoxy) is 1. The van der Waals surface area contributed by atoms with Gasteiger partial charge >= 0.3 is 5.91 Å². The Hall–Kier alpha value is -4.73. The summed E-state index contributed by atoms with van der Waals surface area (Å²) in [4.78, 5) is 28.8. The summed E-state index contributed by atoms with van der Waals surface area (Å²) in [6.07, 6.45) is 0. The number of Topliss-reactive ketones (excluding diaryl/α,β-unsaturated/α-hetero) is 1. The van der Waals surface area contributed by atoms with Crippen molar-refractivity contribution >= 4 is 45.7 Å². The molecule has 2 heterocycles. The lowest BCUT2D eigenvalue weighted by atomic mass is 9.93. The minimum absolute atomic E-state index is 0.00961. The Morgan fingerprint density at radius 3 is 2.36 bits per heavy atom. The van der Waals surface area contributed by atoms with Crippen molar-refractivity contribution in [3.63, 3.8) is 0 Å². The van der Waals surface area contributed by atoms with Crippen LogP contribution in [0.4, 0.5) is 5.13 Å². The first kappa shape index (κ1) is 29.3. The van der Waals surface area contributed by atoms with Crippen LogP contribution in [0.1, 0.15) is 39.4 Å². The molecule has 1 N–H and O–H groups in total. The van der Waals surface area contributed by atoms with Crippen molar-refractivity contribution in [3.05, 3.63) is 136 Å². The van der Waals surface area contributed by atoms with E-state index in [9.17, 15) is 14.7 Å². The number of nitrogens with zero attached hydrogens (tertiary/aromatic N) is 3. The van der Waals surface area contributed by atoms with Gasteiger partial charge in [0.1, 0.15) is 17.3 Å². The van der Waals surface area contributed by atoms with Crippen LogP contribution in [0.25, 0.3) is 5.76 Å². The van der Waals surface area contributed by atoms with Gasteiger partial charge in [0.2, 0.25) is 5.13 Å². The van der Waals surface area contributed by atoms with E-state index < -0.39 is 17.7 Å². The van der Waals surface area contributed by atoms with Gasteiger partial charge in [-0.3, -0.25) is 14.5 Å². The van der Waals surface area contributed by atoms with Crippen molar-refractivity contribution in [2.75, 3.05) is 4.90 Å². The molecule has 7 nitrogen and oxygen atoms in total. The molecule has 0 aliphatic carbocycles. The number of aliphatic hydroxyl groups is 1. The molecular formula is C35H29N3O4S2. The van der Waals surface area contributed by atoms with Gasteiger partial charge < -0.3 is 9.84 Å². The van der Waals surface area contributed by atoms with E-state index >= 15 is 0 Å². The molecule has 0 radical (unpaired) electrons. The highest BCUT2D eigenvalue weighted by Crippen LogP contribution is 2.45. The number of hydrogen-bond acceptors (Lipinski definition) is 8. The largest absolute Gasteiger partial charge is 0.507 e. The number of aryl methyl sites for hydroxylation is 3. The summed E-state index contributed by atoms with van der Waals surface area (Å²) in [6.45, 7) is 5.81. The number of aromatic nitrogens is 2. The number of thioether (sulfide) groups is 1. The molecule has 1 amide bonds. The monoisotopic (exact) mass is 619 g/mol. The summed E-state index contributed by atoms with van der Waals surface area (Å²) in [5, 5.41) is 20.6. The Morgan fingerprint density at radius 2 is 1.59 bits per heavy atom. The molecule has 1 saturated heterocycles. The summed E-state index contributed by atoms with van der Waals surface area (Å²) >= 11 is 2.75. The molecule has 0 bridgehead atoms. The number of rotatable bonds is 8. The van der Waals surface area contributed by atoms with Crippen LogP contribution in [-0.2, 0) is 15.3 Å². The second-order valence-electron chi connectivity index (χ2n) is 10.6. The molecule has 1 aliphatic heterocycles. The quantitative estimate of drug-likeness (QED) is 0.0616. The molecule has 4 aromatic carbocycles. The van der Waals surface area contributed by atoms with E-state index in [-0.39, 0.29) is 16.5 Å². The van der Waals surface area contributed by atoms with Gasteiger partial charge in [0, 0.05) is 11.3 Å². The average molecular weight is 620 g/mol.